The molecule has 1 aliphatic heterocycles. The van der Waals surface area contributed by atoms with Gasteiger partial charge in [0, 0.05) is 6.54 Å². The third kappa shape index (κ3) is 1.74. The molecular formula is C14H13NO2S. The fourth-order valence-electron chi connectivity index (χ4n) is 2.29. The van der Waals surface area contributed by atoms with Gasteiger partial charge in [0.2, 0.25) is 0 Å². The Morgan fingerprint density at radius 2 is 1.61 bits per heavy atom. The number of rotatable bonds is 2. The van der Waals surface area contributed by atoms with Crippen LogP contribution in [0.1, 0.15) is 16.5 Å². The van der Waals surface area contributed by atoms with E-state index < -0.39 is 15.2 Å². The Bertz CT molecular complexity index is 665. The Morgan fingerprint density at radius 1 is 0.944 bits per heavy atom. The van der Waals surface area contributed by atoms with Crippen LogP contribution in [-0.2, 0) is 16.4 Å². The molecule has 0 fully saturated rings. The molecule has 18 heavy (non-hydrogen) atoms. The minimum absolute atomic E-state index is 0.360. The molecular weight excluding hydrogens is 246 g/mol. The third-order valence-corrected chi connectivity index (χ3v) is 5.17. The molecule has 92 valence electrons. The van der Waals surface area contributed by atoms with E-state index >= 15 is 0 Å². The van der Waals surface area contributed by atoms with Crippen molar-refractivity contribution in [3.63, 3.8) is 0 Å². The molecule has 1 N–H and O–H groups in total. The first-order valence-corrected chi connectivity index (χ1v) is 7.34. The molecule has 2 aromatic rings. The van der Waals surface area contributed by atoms with Gasteiger partial charge in [-0.1, -0.05) is 42.5 Å². The second kappa shape index (κ2) is 4.23. The van der Waals surface area contributed by atoms with Crippen molar-refractivity contribution >= 4 is 9.84 Å². The van der Waals surface area contributed by atoms with Gasteiger partial charge >= 0.3 is 0 Å². The lowest BCUT2D eigenvalue weighted by molar-refractivity contribution is 0.568. The Kier molecular flexibility index (Phi) is 2.69. The maximum atomic E-state index is 12.5. The molecule has 3 rings (SSSR count). The van der Waals surface area contributed by atoms with Crippen LogP contribution in [-0.4, -0.2) is 8.42 Å². The molecule has 3 nitrogen and oxygen atoms in total. The standard InChI is InChI=1S/C14H13NO2S/c16-18(17,12-7-2-1-3-8-12)14-13-9-5-4-6-11(13)10-15-14/h1-9,14-15H,10H2. The number of sulfone groups is 1. The largest absolute Gasteiger partial charge is 0.293 e. The van der Waals surface area contributed by atoms with Gasteiger partial charge in [-0.3, -0.25) is 5.32 Å². The first-order chi connectivity index (χ1) is 8.69. The van der Waals surface area contributed by atoms with E-state index in [2.05, 4.69) is 5.32 Å². The molecule has 1 unspecified atom stereocenters. The number of benzene rings is 2. The monoisotopic (exact) mass is 259 g/mol. The summed E-state index contributed by atoms with van der Waals surface area (Å²) in [4.78, 5) is 0.360. The molecule has 0 saturated heterocycles. The zero-order valence-corrected chi connectivity index (χ0v) is 10.5. The van der Waals surface area contributed by atoms with E-state index in [0.29, 0.717) is 11.4 Å². The Hall–Kier alpha value is -1.65. The van der Waals surface area contributed by atoms with E-state index in [1.807, 2.05) is 30.3 Å². The van der Waals surface area contributed by atoms with Crippen molar-refractivity contribution in [1.82, 2.24) is 5.32 Å². The average Bonchev–Trinajstić information content (AvgIpc) is 2.84. The first kappa shape index (κ1) is 11.4. The molecule has 4 heteroatoms. The van der Waals surface area contributed by atoms with Crippen LogP contribution in [0.4, 0.5) is 0 Å². The molecule has 0 aromatic heterocycles. The van der Waals surface area contributed by atoms with Crippen molar-refractivity contribution in [3.8, 4) is 0 Å². The van der Waals surface area contributed by atoms with Crippen molar-refractivity contribution in [2.45, 2.75) is 16.8 Å². The van der Waals surface area contributed by atoms with Gasteiger partial charge in [-0.05, 0) is 23.3 Å². The summed E-state index contributed by atoms with van der Waals surface area (Å²) in [6.45, 7) is 0.604. The molecule has 0 aliphatic carbocycles. The van der Waals surface area contributed by atoms with Gasteiger partial charge in [-0.25, -0.2) is 8.42 Å². The van der Waals surface area contributed by atoms with Crippen LogP contribution in [0.2, 0.25) is 0 Å². The molecule has 0 saturated carbocycles. The first-order valence-electron chi connectivity index (χ1n) is 5.80. The second-order valence-corrected chi connectivity index (χ2v) is 6.35. The second-order valence-electron chi connectivity index (χ2n) is 4.32. The highest BCUT2D eigenvalue weighted by atomic mass is 32.2. The molecule has 0 spiro atoms. The van der Waals surface area contributed by atoms with Crippen LogP contribution < -0.4 is 5.32 Å². The van der Waals surface area contributed by atoms with Crippen LogP contribution in [0.25, 0.3) is 0 Å². The minimum atomic E-state index is -3.36. The molecule has 1 heterocycles. The van der Waals surface area contributed by atoms with Crippen molar-refractivity contribution in [3.05, 3.63) is 65.7 Å². The van der Waals surface area contributed by atoms with E-state index in [1.54, 1.807) is 24.3 Å². The lowest BCUT2D eigenvalue weighted by Gasteiger charge is -2.13. The van der Waals surface area contributed by atoms with Crippen LogP contribution in [0.15, 0.2) is 59.5 Å². The van der Waals surface area contributed by atoms with Gasteiger partial charge in [-0.15, -0.1) is 0 Å². The predicted molar refractivity (Wildman–Crippen MR) is 69.7 cm³/mol. The summed E-state index contributed by atoms with van der Waals surface area (Å²) in [6, 6.07) is 16.2. The lowest BCUT2D eigenvalue weighted by Crippen LogP contribution is -2.22. The fourth-order valence-corrected chi connectivity index (χ4v) is 3.96. The molecule has 1 atom stereocenters. The molecule has 1 aliphatic rings. The topological polar surface area (TPSA) is 46.2 Å². The maximum Gasteiger partial charge on any atom is 0.198 e. The smallest absolute Gasteiger partial charge is 0.198 e. The highest BCUT2D eigenvalue weighted by Crippen LogP contribution is 2.33. The normalized spacial score (nSPS) is 18.6. The minimum Gasteiger partial charge on any atom is -0.293 e. The van der Waals surface area contributed by atoms with Crippen LogP contribution in [0.3, 0.4) is 0 Å². The van der Waals surface area contributed by atoms with E-state index in [9.17, 15) is 8.42 Å². The Morgan fingerprint density at radius 3 is 2.39 bits per heavy atom. The number of fused-ring (bicyclic) bond motifs is 1. The fraction of sp³-hybridized carbons (Fsp3) is 0.143. The van der Waals surface area contributed by atoms with E-state index in [-0.39, 0.29) is 0 Å². The summed E-state index contributed by atoms with van der Waals surface area (Å²) in [5, 5.41) is 2.44. The van der Waals surface area contributed by atoms with Gasteiger partial charge in [0.15, 0.2) is 9.84 Å². The van der Waals surface area contributed by atoms with Crippen molar-refractivity contribution in [2.24, 2.45) is 0 Å². The van der Waals surface area contributed by atoms with Crippen molar-refractivity contribution < 1.29 is 8.42 Å². The third-order valence-electron chi connectivity index (χ3n) is 3.20. The zero-order valence-electron chi connectivity index (χ0n) is 9.71. The summed E-state index contributed by atoms with van der Waals surface area (Å²) in [5.74, 6) is 0. The van der Waals surface area contributed by atoms with Crippen LogP contribution in [0.5, 0.6) is 0 Å². The summed E-state index contributed by atoms with van der Waals surface area (Å²) >= 11 is 0. The van der Waals surface area contributed by atoms with Crippen LogP contribution >= 0.6 is 0 Å². The van der Waals surface area contributed by atoms with Crippen molar-refractivity contribution in [2.75, 3.05) is 0 Å². The summed E-state index contributed by atoms with van der Waals surface area (Å²) < 4.78 is 25.1. The number of hydrogen-bond acceptors (Lipinski definition) is 3. The van der Waals surface area contributed by atoms with Crippen molar-refractivity contribution in [1.29, 1.82) is 0 Å². The Labute approximate surface area is 106 Å². The van der Waals surface area contributed by atoms with Gasteiger partial charge in [0.25, 0.3) is 0 Å². The molecule has 2 aromatic carbocycles. The molecule has 0 radical (unpaired) electrons. The lowest BCUT2D eigenvalue weighted by atomic mass is 10.1. The van der Waals surface area contributed by atoms with Gasteiger partial charge in [0.1, 0.15) is 5.37 Å². The van der Waals surface area contributed by atoms with E-state index in [4.69, 9.17) is 0 Å². The maximum absolute atomic E-state index is 12.5. The highest BCUT2D eigenvalue weighted by molar-refractivity contribution is 7.91. The summed E-state index contributed by atoms with van der Waals surface area (Å²) in [5.41, 5.74) is 1.92. The zero-order chi connectivity index (χ0) is 12.6. The van der Waals surface area contributed by atoms with Gasteiger partial charge < -0.3 is 0 Å². The number of hydrogen-bond donors (Lipinski definition) is 1. The highest BCUT2D eigenvalue weighted by Gasteiger charge is 2.33. The summed E-state index contributed by atoms with van der Waals surface area (Å²) in [6.07, 6.45) is 0. The summed E-state index contributed by atoms with van der Waals surface area (Å²) in [7, 11) is -3.36. The average molecular weight is 259 g/mol. The number of nitrogens with one attached hydrogen (secondary N) is 1. The molecule has 0 bridgehead atoms. The Balaban J connectivity index is 2.08. The SMILES string of the molecule is O=S(=O)(c1ccccc1)C1NCc2ccccc21. The quantitative estimate of drug-likeness (QED) is 0.900. The van der Waals surface area contributed by atoms with Crippen LogP contribution in [0, 0.1) is 0 Å². The van der Waals surface area contributed by atoms with E-state index in [0.717, 1.165) is 11.1 Å². The van der Waals surface area contributed by atoms with E-state index in [1.165, 1.54) is 0 Å². The van der Waals surface area contributed by atoms with Gasteiger partial charge in [-0.2, -0.15) is 0 Å². The van der Waals surface area contributed by atoms with Gasteiger partial charge in [0.05, 0.1) is 4.90 Å². The molecule has 0 amide bonds. The predicted octanol–water partition coefficient (Wildman–Crippen LogP) is 2.26.